The van der Waals surface area contributed by atoms with Crippen molar-refractivity contribution in [1.29, 1.82) is 0 Å². The lowest BCUT2D eigenvalue weighted by molar-refractivity contribution is -0.0552. The molecule has 2 nitrogen and oxygen atoms in total. The first-order valence-electron chi connectivity index (χ1n) is 6.48. The Kier molecular flexibility index (Phi) is 6.17. The van der Waals surface area contributed by atoms with Crippen molar-refractivity contribution in [2.24, 2.45) is 0 Å². The molecule has 0 saturated heterocycles. The Balaban J connectivity index is 2.56. The molecule has 17 heavy (non-hydrogen) atoms. The first-order valence-corrected chi connectivity index (χ1v) is 7.42. The van der Waals surface area contributed by atoms with E-state index in [0.29, 0.717) is 6.04 Å². The minimum atomic E-state index is -0.0560. The number of rotatable bonds is 8. The molecule has 0 spiro atoms. The molecular weight excluding hydrogens is 230 g/mol. The van der Waals surface area contributed by atoms with Crippen molar-refractivity contribution >= 4 is 11.3 Å². The molecule has 2 atom stereocenters. The summed E-state index contributed by atoms with van der Waals surface area (Å²) in [7, 11) is 2.03. The number of nitrogens with one attached hydrogen (secondary N) is 1. The maximum absolute atomic E-state index is 5.94. The molecule has 0 aliphatic rings. The van der Waals surface area contributed by atoms with Gasteiger partial charge in [-0.15, -0.1) is 0 Å². The topological polar surface area (TPSA) is 21.3 Å². The van der Waals surface area contributed by atoms with Crippen LogP contribution in [0.25, 0.3) is 0 Å². The second-order valence-electron chi connectivity index (χ2n) is 4.61. The van der Waals surface area contributed by atoms with Crippen LogP contribution in [-0.2, 0) is 11.2 Å². The van der Waals surface area contributed by atoms with Crippen LogP contribution in [0.15, 0.2) is 16.8 Å². The van der Waals surface area contributed by atoms with Gasteiger partial charge in [0.25, 0.3) is 0 Å². The zero-order valence-electron chi connectivity index (χ0n) is 11.5. The molecule has 0 amide bonds. The molecule has 0 bridgehead atoms. The van der Waals surface area contributed by atoms with Crippen LogP contribution in [0.4, 0.5) is 0 Å². The molecule has 1 aromatic rings. The largest absolute Gasteiger partial charge is 0.374 e. The summed E-state index contributed by atoms with van der Waals surface area (Å²) in [4.78, 5) is 0. The van der Waals surface area contributed by atoms with Crippen LogP contribution in [0, 0.1) is 0 Å². The van der Waals surface area contributed by atoms with Crippen LogP contribution in [0.5, 0.6) is 0 Å². The highest BCUT2D eigenvalue weighted by Crippen LogP contribution is 2.24. The third-order valence-electron chi connectivity index (χ3n) is 3.56. The van der Waals surface area contributed by atoms with Gasteiger partial charge < -0.3 is 10.1 Å². The highest BCUT2D eigenvalue weighted by atomic mass is 32.1. The van der Waals surface area contributed by atoms with Gasteiger partial charge in [0.1, 0.15) is 0 Å². The molecule has 0 aromatic carbocycles. The van der Waals surface area contributed by atoms with Crippen molar-refractivity contribution < 1.29 is 4.74 Å². The average molecular weight is 255 g/mol. The molecule has 1 N–H and O–H groups in total. The van der Waals surface area contributed by atoms with E-state index >= 15 is 0 Å². The van der Waals surface area contributed by atoms with Crippen molar-refractivity contribution in [3.63, 3.8) is 0 Å². The highest BCUT2D eigenvalue weighted by molar-refractivity contribution is 7.07. The summed E-state index contributed by atoms with van der Waals surface area (Å²) in [6, 6.07) is 2.62. The zero-order valence-corrected chi connectivity index (χ0v) is 12.3. The Labute approximate surface area is 109 Å². The first-order chi connectivity index (χ1) is 8.16. The summed E-state index contributed by atoms with van der Waals surface area (Å²) in [5.74, 6) is 0. The van der Waals surface area contributed by atoms with Crippen LogP contribution in [0.2, 0.25) is 0 Å². The SMILES string of the molecule is CCOC(C)(CC)C(CCc1ccsc1)NC. The van der Waals surface area contributed by atoms with Crippen LogP contribution in [-0.4, -0.2) is 25.3 Å². The van der Waals surface area contributed by atoms with Gasteiger partial charge >= 0.3 is 0 Å². The van der Waals surface area contributed by atoms with E-state index in [-0.39, 0.29) is 5.60 Å². The average Bonchev–Trinajstić information content (AvgIpc) is 2.83. The summed E-state index contributed by atoms with van der Waals surface area (Å²) < 4.78 is 5.94. The molecule has 0 fully saturated rings. The van der Waals surface area contributed by atoms with Gasteiger partial charge in [-0.1, -0.05) is 6.92 Å². The van der Waals surface area contributed by atoms with Crippen molar-refractivity contribution in [3.8, 4) is 0 Å². The lowest BCUT2D eigenvalue weighted by atomic mass is 9.89. The number of ether oxygens (including phenoxy) is 1. The number of hydrogen-bond acceptors (Lipinski definition) is 3. The van der Waals surface area contributed by atoms with E-state index in [9.17, 15) is 0 Å². The Hall–Kier alpha value is -0.380. The van der Waals surface area contributed by atoms with Crippen molar-refractivity contribution in [3.05, 3.63) is 22.4 Å². The Bertz CT molecular complexity index is 299. The predicted molar refractivity (Wildman–Crippen MR) is 75.8 cm³/mol. The molecule has 98 valence electrons. The molecule has 0 aliphatic carbocycles. The van der Waals surface area contributed by atoms with Gasteiger partial charge in [0.05, 0.1) is 5.60 Å². The summed E-state index contributed by atoms with van der Waals surface area (Å²) in [6.07, 6.45) is 3.28. The second kappa shape index (κ2) is 7.14. The van der Waals surface area contributed by atoms with Gasteiger partial charge in [-0.2, -0.15) is 11.3 Å². The second-order valence-corrected chi connectivity index (χ2v) is 5.39. The third-order valence-corrected chi connectivity index (χ3v) is 4.30. The molecule has 1 rings (SSSR count). The maximum atomic E-state index is 5.94. The summed E-state index contributed by atoms with van der Waals surface area (Å²) in [5, 5.41) is 7.80. The third kappa shape index (κ3) is 4.09. The van der Waals surface area contributed by atoms with E-state index in [4.69, 9.17) is 4.74 Å². The van der Waals surface area contributed by atoms with Crippen LogP contribution < -0.4 is 5.32 Å². The molecule has 1 aromatic heterocycles. The van der Waals surface area contributed by atoms with Gasteiger partial charge in [-0.05, 0) is 62.5 Å². The van der Waals surface area contributed by atoms with Gasteiger partial charge in [-0.25, -0.2) is 0 Å². The minimum absolute atomic E-state index is 0.0560. The van der Waals surface area contributed by atoms with Crippen molar-refractivity contribution in [2.75, 3.05) is 13.7 Å². The summed E-state index contributed by atoms with van der Waals surface area (Å²) in [6.45, 7) is 7.26. The van der Waals surface area contributed by atoms with E-state index in [1.807, 2.05) is 7.05 Å². The fourth-order valence-corrected chi connectivity index (χ4v) is 2.98. The molecule has 0 radical (unpaired) electrons. The fourth-order valence-electron chi connectivity index (χ4n) is 2.28. The fraction of sp³-hybridized carbons (Fsp3) is 0.714. The lowest BCUT2D eigenvalue weighted by Crippen LogP contribution is -2.49. The van der Waals surface area contributed by atoms with E-state index in [1.54, 1.807) is 11.3 Å². The van der Waals surface area contributed by atoms with Crippen molar-refractivity contribution in [1.82, 2.24) is 5.32 Å². The quantitative estimate of drug-likeness (QED) is 0.768. The molecular formula is C14H25NOS. The molecule has 1 heterocycles. The van der Waals surface area contributed by atoms with E-state index in [1.165, 1.54) is 5.56 Å². The van der Waals surface area contributed by atoms with E-state index < -0.39 is 0 Å². The minimum Gasteiger partial charge on any atom is -0.374 e. The number of thiophene rings is 1. The monoisotopic (exact) mass is 255 g/mol. The van der Waals surface area contributed by atoms with E-state index in [0.717, 1.165) is 25.9 Å². The van der Waals surface area contributed by atoms with Crippen LogP contribution in [0.1, 0.15) is 39.2 Å². The van der Waals surface area contributed by atoms with Crippen LogP contribution in [0.3, 0.4) is 0 Å². The van der Waals surface area contributed by atoms with Gasteiger partial charge in [0, 0.05) is 12.6 Å². The molecule has 3 heteroatoms. The van der Waals surface area contributed by atoms with Gasteiger partial charge in [-0.3, -0.25) is 0 Å². The zero-order chi connectivity index (χ0) is 12.7. The standard InChI is InChI=1S/C14H25NOS/c1-5-14(3,16-6-2)13(15-4)8-7-12-9-10-17-11-12/h9-11,13,15H,5-8H2,1-4H3. The Morgan fingerprint density at radius 3 is 2.71 bits per heavy atom. The lowest BCUT2D eigenvalue weighted by Gasteiger charge is -2.36. The molecule has 2 unspecified atom stereocenters. The molecule has 0 aliphatic heterocycles. The number of aryl methyl sites for hydroxylation is 1. The highest BCUT2D eigenvalue weighted by Gasteiger charge is 2.31. The van der Waals surface area contributed by atoms with Crippen LogP contribution >= 0.6 is 11.3 Å². The summed E-state index contributed by atoms with van der Waals surface area (Å²) >= 11 is 1.77. The van der Waals surface area contributed by atoms with Crippen molar-refractivity contribution in [2.45, 2.75) is 51.7 Å². The predicted octanol–water partition coefficient (Wildman–Crippen LogP) is 3.47. The van der Waals surface area contributed by atoms with Gasteiger partial charge in [0.2, 0.25) is 0 Å². The number of hydrogen-bond donors (Lipinski definition) is 1. The number of likely N-dealkylation sites (N-methyl/N-ethyl adjacent to an activating group) is 1. The Morgan fingerprint density at radius 2 is 2.24 bits per heavy atom. The van der Waals surface area contributed by atoms with E-state index in [2.05, 4.69) is 42.9 Å². The summed E-state index contributed by atoms with van der Waals surface area (Å²) in [5.41, 5.74) is 1.38. The normalized spacial score (nSPS) is 16.7. The maximum Gasteiger partial charge on any atom is 0.0804 e. The molecule has 0 saturated carbocycles. The smallest absolute Gasteiger partial charge is 0.0804 e. The Morgan fingerprint density at radius 1 is 1.47 bits per heavy atom. The van der Waals surface area contributed by atoms with Gasteiger partial charge in [0.15, 0.2) is 0 Å². The first kappa shape index (κ1) is 14.7.